The minimum absolute atomic E-state index is 0.216. The summed E-state index contributed by atoms with van der Waals surface area (Å²) in [5.41, 5.74) is 1.45. The number of carboxylic acid groups (broad SMARTS) is 1. The Morgan fingerprint density at radius 1 is 1.36 bits per heavy atom. The maximum Gasteiger partial charge on any atom is 0.490 e. The van der Waals surface area contributed by atoms with Crippen molar-refractivity contribution >= 4 is 5.97 Å². The molecule has 2 aliphatic rings. The first-order valence-corrected chi connectivity index (χ1v) is 8.98. The number of carboxylic acids is 1. The van der Waals surface area contributed by atoms with E-state index in [2.05, 4.69) is 29.2 Å². The average molecular weight is 405 g/mol. The first-order chi connectivity index (χ1) is 13.3. The third kappa shape index (κ3) is 6.44. The molecule has 28 heavy (non-hydrogen) atoms. The number of halogens is 3. The Hall–Kier alpha value is -1.68. The van der Waals surface area contributed by atoms with Gasteiger partial charge in [0, 0.05) is 38.1 Å². The number of benzene rings is 1. The summed E-state index contributed by atoms with van der Waals surface area (Å²) in [6.07, 6.45) is -5.08. The normalized spacial score (nSPS) is 24.5. The van der Waals surface area contributed by atoms with Crippen LogP contribution in [0.4, 0.5) is 13.2 Å². The van der Waals surface area contributed by atoms with Crippen LogP contribution in [0.25, 0.3) is 0 Å². The molecular weight excluding hydrogens is 379 g/mol. The molecule has 2 atom stereocenters. The van der Waals surface area contributed by atoms with Crippen LogP contribution in [0.3, 0.4) is 0 Å². The molecule has 0 spiro atoms. The maximum atomic E-state index is 10.6. The summed E-state index contributed by atoms with van der Waals surface area (Å²) in [6.45, 7) is 7.18. The van der Waals surface area contributed by atoms with Crippen LogP contribution in [-0.2, 0) is 25.6 Å². The molecule has 1 aromatic rings. The molecule has 0 unspecified atom stereocenters. The van der Waals surface area contributed by atoms with Gasteiger partial charge in [0.15, 0.2) is 0 Å². The number of hydrogen-bond acceptors (Lipinski definition) is 5. The van der Waals surface area contributed by atoms with Crippen LogP contribution in [0.15, 0.2) is 30.3 Å². The van der Waals surface area contributed by atoms with E-state index in [1.54, 1.807) is 7.11 Å². The smallest absolute Gasteiger partial charge is 0.475 e. The fraction of sp³-hybridized carbons (Fsp3) is 0.632. The third-order valence-corrected chi connectivity index (χ3v) is 4.93. The topological polar surface area (TPSA) is 68.2 Å². The molecule has 1 N–H and O–H groups in total. The summed E-state index contributed by atoms with van der Waals surface area (Å²) in [6, 6.07) is 10.3. The fourth-order valence-corrected chi connectivity index (χ4v) is 3.56. The summed E-state index contributed by atoms with van der Waals surface area (Å²) in [7, 11) is 1.79. The first-order valence-electron chi connectivity index (χ1n) is 8.98. The van der Waals surface area contributed by atoms with E-state index in [4.69, 9.17) is 24.1 Å². The largest absolute Gasteiger partial charge is 0.490 e. The Labute approximate surface area is 162 Å². The third-order valence-electron chi connectivity index (χ3n) is 4.93. The Morgan fingerprint density at radius 3 is 2.64 bits per heavy atom. The minimum Gasteiger partial charge on any atom is -0.475 e. The molecule has 0 saturated carbocycles. The second kappa shape index (κ2) is 10.2. The van der Waals surface area contributed by atoms with Crippen molar-refractivity contribution in [2.75, 3.05) is 53.2 Å². The van der Waals surface area contributed by atoms with E-state index in [0.717, 1.165) is 46.1 Å². The molecule has 158 valence electrons. The zero-order valence-corrected chi connectivity index (χ0v) is 15.8. The molecule has 0 amide bonds. The molecule has 0 bridgehead atoms. The highest BCUT2D eigenvalue weighted by atomic mass is 19.4. The van der Waals surface area contributed by atoms with E-state index in [9.17, 15) is 13.2 Å². The number of fused-ring (bicyclic) bond motifs is 1. The van der Waals surface area contributed by atoms with E-state index in [1.165, 1.54) is 5.56 Å². The molecular formula is C19H26F3NO5. The van der Waals surface area contributed by atoms with Crippen LogP contribution in [0.5, 0.6) is 0 Å². The van der Waals surface area contributed by atoms with Crippen molar-refractivity contribution in [2.45, 2.75) is 12.8 Å². The van der Waals surface area contributed by atoms with Crippen molar-refractivity contribution in [3.63, 3.8) is 0 Å². The van der Waals surface area contributed by atoms with E-state index >= 15 is 0 Å². The highest BCUT2D eigenvalue weighted by Gasteiger charge is 2.50. The van der Waals surface area contributed by atoms with Gasteiger partial charge in [0.25, 0.3) is 0 Å². The average Bonchev–Trinajstić information content (AvgIpc) is 3.16. The van der Waals surface area contributed by atoms with Gasteiger partial charge in [-0.2, -0.15) is 13.2 Å². The van der Waals surface area contributed by atoms with E-state index < -0.39 is 12.1 Å². The second-order valence-electron chi connectivity index (χ2n) is 7.08. The molecule has 2 fully saturated rings. The number of methoxy groups -OCH3 is 1. The molecule has 0 aromatic heterocycles. The fourth-order valence-electron chi connectivity index (χ4n) is 3.56. The molecule has 1 aromatic carbocycles. The van der Waals surface area contributed by atoms with Crippen LogP contribution < -0.4 is 0 Å². The predicted octanol–water partition coefficient (Wildman–Crippen LogP) is 2.43. The standard InChI is InChI=1S/C17H25NO3.C2HF3O2/c1-19-13-17-12-18(9-16(17)11-21-14-17)7-8-20-10-15-5-3-2-4-6-15;3-2(4,5)1(6)7/h2-6,16H,7-14H2,1H3;(H,6,7)/t16-,17-;/m1./s1. The number of alkyl halides is 3. The van der Waals surface area contributed by atoms with Gasteiger partial charge in [-0.15, -0.1) is 0 Å². The molecule has 0 radical (unpaired) electrons. The van der Waals surface area contributed by atoms with Gasteiger partial charge in [-0.3, -0.25) is 4.90 Å². The van der Waals surface area contributed by atoms with E-state index in [1.807, 2.05) is 6.07 Å². The summed E-state index contributed by atoms with van der Waals surface area (Å²) >= 11 is 0. The van der Waals surface area contributed by atoms with Gasteiger partial charge >= 0.3 is 12.1 Å². The number of aliphatic carboxylic acids is 1. The van der Waals surface area contributed by atoms with E-state index in [0.29, 0.717) is 12.5 Å². The Kier molecular flexibility index (Phi) is 8.23. The lowest BCUT2D eigenvalue weighted by atomic mass is 9.82. The Morgan fingerprint density at radius 2 is 2.04 bits per heavy atom. The van der Waals surface area contributed by atoms with Gasteiger partial charge in [-0.25, -0.2) is 4.79 Å². The van der Waals surface area contributed by atoms with Crippen LogP contribution in [0, 0.1) is 11.3 Å². The number of hydrogen-bond donors (Lipinski definition) is 1. The molecule has 2 saturated heterocycles. The summed E-state index contributed by atoms with van der Waals surface area (Å²) in [5, 5.41) is 7.12. The monoisotopic (exact) mass is 405 g/mol. The number of rotatable bonds is 7. The van der Waals surface area contributed by atoms with E-state index in [-0.39, 0.29) is 5.41 Å². The molecule has 2 heterocycles. The minimum atomic E-state index is -5.08. The van der Waals surface area contributed by atoms with Gasteiger partial charge in [0.2, 0.25) is 0 Å². The Bertz CT molecular complexity index is 613. The highest BCUT2D eigenvalue weighted by Crippen LogP contribution is 2.41. The van der Waals surface area contributed by atoms with Gasteiger partial charge in [-0.05, 0) is 5.56 Å². The predicted molar refractivity (Wildman–Crippen MR) is 94.8 cm³/mol. The lowest BCUT2D eigenvalue weighted by Gasteiger charge is -2.26. The van der Waals surface area contributed by atoms with Crippen molar-refractivity contribution in [2.24, 2.45) is 11.3 Å². The van der Waals surface area contributed by atoms with Crippen molar-refractivity contribution < 1.29 is 37.3 Å². The maximum absolute atomic E-state index is 10.6. The van der Waals surface area contributed by atoms with Gasteiger partial charge in [0.05, 0.1) is 33.0 Å². The van der Waals surface area contributed by atoms with Gasteiger partial charge in [-0.1, -0.05) is 30.3 Å². The van der Waals surface area contributed by atoms with Crippen molar-refractivity contribution in [1.82, 2.24) is 4.90 Å². The molecule has 2 aliphatic heterocycles. The lowest BCUT2D eigenvalue weighted by Crippen LogP contribution is -2.36. The van der Waals surface area contributed by atoms with Crippen LogP contribution in [-0.4, -0.2) is 75.3 Å². The van der Waals surface area contributed by atoms with Crippen LogP contribution in [0.1, 0.15) is 5.56 Å². The van der Waals surface area contributed by atoms with Gasteiger partial charge in [0.1, 0.15) is 0 Å². The van der Waals surface area contributed by atoms with Crippen molar-refractivity contribution in [3.8, 4) is 0 Å². The highest BCUT2D eigenvalue weighted by molar-refractivity contribution is 5.73. The van der Waals surface area contributed by atoms with Gasteiger partial charge < -0.3 is 19.3 Å². The molecule has 6 nitrogen and oxygen atoms in total. The zero-order chi connectivity index (χ0) is 20.6. The van der Waals surface area contributed by atoms with Crippen molar-refractivity contribution in [3.05, 3.63) is 35.9 Å². The van der Waals surface area contributed by atoms with Crippen LogP contribution >= 0.6 is 0 Å². The molecule has 0 aliphatic carbocycles. The van der Waals surface area contributed by atoms with Crippen LogP contribution in [0.2, 0.25) is 0 Å². The second-order valence-corrected chi connectivity index (χ2v) is 7.08. The SMILES string of the molecule is COC[C@]12COC[C@H]1CN(CCOCc1ccccc1)C2.O=C(O)C(F)(F)F. The summed E-state index contributed by atoms with van der Waals surface area (Å²) < 4.78 is 48.6. The lowest BCUT2D eigenvalue weighted by molar-refractivity contribution is -0.192. The molecule has 9 heteroatoms. The molecule has 3 rings (SSSR count). The number of nitrogens with zero attached hydrogens (tertiary/aromatic N) is 1. The Balaban J connectivity index is 0.000000345. The summed E-state index contributed by atoms with van der Waals surface area (Å²) in [4.78, 5) is 11.4. The number of likely N-dealkylation sites (tertiary alicyclic amines) is 1. The first kappa shape index (κ1) is 22.6. The number of carbonyl (C=O) groups is 1. The quantitative estimate of drug-likeness (QED) is 0.703. The zero-order valence-electron chi connectivity index (χ0n) is 15.8. The number of ether oxygens (including phenoxy) is 3. The van der Waals surface area contributed by atoms with Crippen molar-refractivity contribution in [1.29, 1.82) is 0 Å². The summed E-state index contributed by atoms with van der Waals surface area (Å²) in [5.74, 6) is -2.14.